The van der Waals surface area contributed by atoms with Crippen molar-refractivity contribution >= 4 is 17.9 Å². The number of hydrogen-bond acceptors (Lipinski definition) is 5. The molecule has 0 saturated heterocycles. The third kappa shape index (κ3) is 8.12. The average molecular weight is 300 g/mol. The number of esters is 2. The minimum Gasteiger partial charge on any atom is -0.478 e. The normalized spacial score (nSPS) is 12.1. The van der Waals surface area contributed by atoms with Gasteiger partial charge in [-0.2, -0.15) is 0 Å². The first-order valence-corrected chi connectivity index (χ1v) is 6.89. The van der Waals surface area contributed by atoms with Gasteiger partial charge in [-0.25, -0.2) is 4.79 Å². The lowest BCUT2D eigenvalue weighted by Crippen LogP contribution is -2.28. The molecule has 0 aromatic heterocycles. The number of carbonyl (C=O) groups excluding carboxylic acids is 2. The van der Waals surface area contributed by atoms with Crippen molar-refractivity contribution in [3.8, 4) is 0 Å². The summed E-state index contributed by atoms with van der Waals surface area (Å²) in [6.45, 7) is 11.2. The molecule has 0 bridgehead atoms. The molecule has 0 aliphatic heterocycles. The van der Waals surface area contributed by atoms with Gasteiger partial charge in [0.25, 0.3) is 0 Å². The lowest BCUT2D eigenvalue weighted by molar-refractivity contribution is -0.156. The van der Waals surface area contributed by atoms with Crippen LogP contribution in [0.3, 0.4) is 0 Å². The quantitative estimate of drug-likeness (QED) is 0.517. The molecular weight excluding hydrogens is 276 g/mol. The highest BCUT2D eigenvalue weighted by Crippen LogP contribution is 2.18. The van der Waals surface area contributed by atoms with Gasteiger partial charge in [0, 0.05) is 5.57 Å². The van der Waals surface area contributed by atoms with Crippen LogP contribution in [-0.2, 0) is 23.9 Å². The van der Waals surface area contributed by atoms with Crippen LogP contribution in [0, 0.1) is 17.8 Å². The maximum Gasteiger partial charge on any atom is 0.331 e. The minimum atomic E-state index is -1.34. The molecule has 1 atom stereocenters. The van der Waals surface area contributed by atoms with Gasteiger partial charge in [-0.3, -0.25) is 9.59 Å². The molecule has 0 saturated carbocycles. The van der Waals surface area contributed by atoms with Gasteiger partial charge in [0.15, 0.2) is 0 Å². The average Bonchev–Trinajstić information content (AvgIpc) is 2.38. The predicted molar refractivity (Wildman–Crippen MR) is 76.5 cm³/mol. The van der Waals surface area contributed by atoms with Gasteiger partial charge >= 0.3 is 17.9 Å². The van der Waals surface area contributed by atoms with E-state index in [9.17, 15) is 14.4 Å². The summed E-state index contributed by atoms with van der Waals surface area (Å²) in [5.74, 6) is -3.70. The summed E-state index contributed by atoms with van der Waals surface area (Å²) in [4.78, 5) is 34.5. The van der Waals surface area contributed by atoms with Crippen molar-refractivity contribution in [3.05, 3.63) is 12.2 Å². The Morgan fingerprint density at radius 2 is 1.48 bits per heavy atom. The van der Waals surface area contributed by atoms with Crippen LogP contribution in [0.25, 0.3) is 0 Å². The molecule has 0 spiro atoms. The molecule has 0 aromatic rings. The molecule has 0 aromatic carbocycles. The smallest absolute Gasteiger partial charge is 0.331 e. The number of hydrogen-bond donors (Lipinski definition) is 1. The van der Waals surface area contributed by atoms with E-state index in [4.69, 9.17) is 14.6 Å². The summed E-state index contributed by atoms with van der Waals surface area (Å²) in [6, 6.07) is 0. The van der Waals surface area contributed by atoms with E-state index >= 15 is 0 Å². The Kier molecular flexibility index (Phi) is 8.35. The van der Waals surface area contributed by atoms with Gasteiger partial charge in [0.1, 0.15) is 0 Å². The number of carboxylic acids is 1. The van der Waals surface area contributed by atoms with Crippen LogP contribution < -0.4 is 0 Å². The number of rotatable bonds is 9. The fourth-order valence-electron chi connectivity index (χ4n) is 1.33. The zero-order chi connectivity index (χ0) is 16.6. The van der Waals surface area contributed by atoms with Crippen LogP contribution in [-0.4, -0.2) is 36.2 Å². The number of ether oxygens (including phenoxy) is 2. The number of carbonyl (C=O) groups is 3. The van der Waals surface area contributed by atoms with E-state index in [1.807, 2.05) is 27.7 Å². The van der Waals surface area contributed by atoms with Crippen LogP contribution >= 0.6 is 0 Å². The summed E-state index contributed by atoms with van der Waals surface area (Å²) in [5, 5.41) is 8.95. The second-order valence-corrected chi connectivity index (χ2v) is 5.69. The summed E-state index contributed by atoms with van der Waals surface area (Å²) >= 11 is 0. The van der Waals surface area contributed by atoms with Crippen LogP contribution in [0.1, 0.15) is 34.1 Å². The van der Waals surface area contributed by atoms with Crippen molar-refractivity contribution in [2.24, 2.45) is 17.8 Å². The third-order valence-corrected chi connectivity index (χ3v) is 2.49. The van der Waals surface area contributed by atoms with Crippen molar-refractivity contribution in [1.82, 2.24) is 0 Å². The molecule has 0 rings (SSSR count). The van der Waals surface area contributed by atoms with E-state index < -0.39 is 23.8 Å². The summed E-state index contributed by atoms with van der Waals surface area (Å²) in [5.41, 5.74) is -0.370. The van der Waals surface area contributed by atoms with Gasteiger partial charge < -0.3 is 14.6 Å². The molecule has 1 N–H and O–H groups in total. The standard InChI is InChI=1S/C15H24O6/c1-9(2)7-20-13(16)6-12(11(5)14(17)18)15(19)21-8-10(3)4/h9-10,12H,5-8H2,1-4H3,(H,17,18). The van der Waals surface area contributed by atoms with E-state index in [0.717, 1.165) is 0 Å². The minimum absolute atomic E-state index is 0.112. The van der Waals surface area contributed by atoms with Gasteiger partial charge in [0.2, 0.25) is 0 Å². The van der Waals surface area contributed by atoms with Gasteiger partial charge in [0.05, 0.1) is 25.6 Å². The third-order valence-electron chi connectivity index (χ3n) is 2.49. The second kappa shape index (κ2) is 9.15. The lowest BCUT2D eigenvalue weighted by atomic mass is 9.97. The van der Waals surface area contributed by atoms with Crippen molar-refractivity contribution < 1.29 is 29.0 Å². The van der Waals surface area contributed by atoms with Gasteiger partial charge in [-0.05, 0) is 11.8 Å². The van der Waals surface area contributed by atoms with Crippen LogP contribution in [0.5, 0.6) is 0 Å². The number of aliphatic carboxylic acids is 1. The Balaban J connectivity index is 4.74. The molecule has 6 heteroatoms. The maximum absolute atomic E-state index is 11.9. The molecule has 0 aliphatic carbocycles. The van der Waals surface area contributed by atoms with Crippen LogP contribution in [0.15, 0.2) is 12.2 Å². The summed E-state index contributed by atoms with van der Waals surface area (Å²) in [7, 11) is 0. The molecule has 0 aliphatic rings. The first-order valence-electron chi connectivity index (χ1n) is 6.89. The van der Waals surface area contributed by atoms with Crippen molar-refractivity contribution in [2.45, 2.75) is 34.1 Å². The van der Waals surface area contributed by atoms with Gasteiger partial charge in [-0.15, -0.1) is 0 Å². The fraction of sp³-hybridized carbons (Fsp3) is 0.667. The molecule has 120 valence electrons. The first-order chi connectivity index (χ1) is 9.65. The van der Waals surface area contributed by atoms with E-state index in [1.165, 1.54) is 0 Å². The highest BCUT2D eigenvalue weighted by Gasteiger charge is 2.30. The van der Waals surface area contributed by atoms with Crippen molar-refractivity contribution in [2.75, 3.05) is 13.2 Å². The Morgan fingerprint density at radius 1 is 1.00 bits per heavy atom. The van der Waals surface area contributed by atoms with E-state index in [2.05, 4.69) is 6.58 Å². The molecule has 0 heterocycles. The van der Waals surface area contributed by atoms with Crippen LogP contribution in [0.4, 0.5) is 0 Å². The zero-order valence-corrected chi connectivity index (χ0v) is 13.0. The second-order valence-electron chi connectivity index (χ2n) is 5.69. The first kappa shape index (κ1) is 19.1. The van der Waals surface area contributed by atoms with Crippen molar-refractivity contribution in [1.29, 1.82) is 0 Å². The van der Waals surface area contributed by atoms with E-state index in [1.54, 1.807) is 0 Å². The molecule has 0 fully saturated rings. The highest BCUT2D eigenvalue weighted by molar-refractivity contribution is 5.95. The predicted octanol–water partition coefficient (Wildman–Crippen LogP) is 2.03. The van der Waals surface area contributed by atoms with Crippen LogP contribution in [0.2, 0.25) is 0 Å². The molecule has 0 radical (unpaired) electrons. The SMILES string of the molecule is C=C(C(=O)O)C(CC(=O)OCC(C)C)C(=O)OCC(C)C. The monoisotopic (exact) mass is 300 g/mol. The lowest BCUT2D eigenvalue weighted by Gasteiger charge is -2.17. The molecule has 1 unspecified atom stereocenters. The summed E-state index contributed by atoms with van der Waals surface area (Å²) in [6.07, 6.45) is -0.380. The van der Waals surface area contributed by atoms with Gasteiger partial charge in [-0.1, -0.05) is 34.3 Å². The fourth-order valence-corrected chi connectivity index (χ4v) is 1.33. The Labute approximate surface area is 125 Å². The highest BCUT2D eigenvalue weighted by atomic mass is 16.5. The topological polar surface area (TPSA) is 89.9 Å². The molecular formula is C15H24O6. The number of carboxylic acid groups (broad SMARTS) is 1. The Hall–Kier alpha value is -1.85. The molecule has 21 heavy (non-hydrogen) atoms. The van der Waals surface area contributed by atoms with Crippen molar-refractivity contribution in [3.63, 3.8) is 0 Å². The zero-order valence-electron chi connectivity index (χ0n) is 13.0. The molecule has 6 nitrogen and oxygen atoms in total. The molecule has 0 amide bonds. The van der Waals surface area contributed by atoms with E-state index in [0.29, 0.717) is 0 Å². The van der Waals surface area contributed by atoms with E-state index in [-0.39, 0.29) is 37.0 Å². The Morgan fingerprint density at radius 3 is 1.90 bits per heavy atom. The summed E-state index contributed by atoms with van der Waals surface area (Å²) < 4.78 is 9.95. The largest absolute Gasteiger partial charge is 0.478 e. The maximum atomic E-state index is 11.9. The Bertz CT molecular complexity index is 397.